The van der Waals surface area contributed by atoms with Crippen molar-refractivity contribution in [2.45, 2.75) is 44.8 Å². The molecule has 8 nitrogen and oxygen atoms in total. The topological polar surface area (TPSA) is 105 Å². The summed E-state index contributed by atoms with van der Waals surface area (Å²) >= 11 is 0. The molecule has 4 rings (SSSR count). The number of alkyl carbamates (subject to hydrolysis) is 1. The summed E-state index contributed by atoms with van der Waals surface area (Å²) in [5.41, 5.74) is 4.62. The average Bonchev–Trinajstić information content (AvgIpc) is 3.18. The first-order chi connectivity index (χ1) is 16.9. The van der Waals surface area contributed by atoms with Gasteiger partial charge < -0.3 is 24.8 Å². The molecule has 1 heterocycles. The summed E-state index contributed by atoms with van der Waals surface area (Å²) in [6.45, 7) is 4.65. The number of hydrogen-bond donors (Lipinski definition) is 2. The number of carboxylic acid groups (broad SMARTS) is 1. The van der Waals surface area contributed by atoms with E-state index in [1.54, 1.807) is 6.92 Å². The van der Waals surface area contributed by atoms with E-state index in [1.165, 1.54) is 16.0 Å². The molecule has 0 radical (unpaired) electrons. The van der Waals surface area contributed by atoms with Gasteiger partial charge in [-0.2, -0.15) is 0 Å². The summed E-state index contributed by atoms with van der Waals surface area (Å²) in [7, 11) is 0. The maximum Gasteiger partial charge on any atom is 0.407 e. The van der Waals surface area contributed by atoms with Gasteiger partial charge in [0, 0.05) is 25.4 Å². The molecule has 186 valence electrons. The van der Waals surface area contributed by atoms with E-state index >= 15 is 0 Å². The normalized spacial score (nSPS) is 20.0. The third-order valence-electron chi connectivity index (χ3n) is 6.99. The van der Waals surface area contributed by atoms with Crippen LogP contribution >= 0.6 is 0 Å². The highest BCUT2D eigenvalue weighted by molar-refractivity contribution is 5.84. The molecule has 0 bridgehead atoms. The van der Waals surface area contributed by atoms with Crippen LogP contribution in [0.4, 0.5) is 4.79 Å². The Morgan fingerprint density at radius 3 is 2.34 bits per heavy atom. The Bertz CT molecular complexity index is 1040. The minimum absolute atomic E-state index is 0.0204. The zero-order chi connectivity index (χ0) is 24.9. The fourth-order valence-electron chi connectivity index (χ4n) is 5.04. The van der Waals surface area contributed by atoms with Crippen molar-refractivity contribution in [2.75, 3.05) is 26.3 Å². The molecule has 0 aromatic heterocycles. The molecule has 2 N–H and O–H groups in total. The first-order valence-corrected chi connectivity index (χ1v) is 12.1. The standard InChI is InChI=1S/C27H32N2O6/c1-3-18(14-24(30)29-12-13-34-17(2)25(29)26(31)32)15-28-27(33)35-16-23-21-10-6-4-8-19(21)20-9-5-7-11-22(20)23/h4-11,17-18,23,25H,3,12-16H2,1-2H3,(H,28,33)(H,31,32). The smallest absolute Gasteiger partial charge is 0.407 e. The number of ether oxygens (including phenoxy) is 2. The largest absolute Gasteiger partial charge is 0.480 e. The predicted molar refractivity (Wildman–Crippen MR) is 130 cm³/mol. The lowest BCUT2D eigenvalue weighted by molar-refractivity contribution is -0.165. The first kappa shape index (κ1) is 24.7. The molecule has 8 heteroatoms. The molecule has 3 atom stereocenters. The maximum atomic E-state index is 12.9. The van der Waals surface area contributed by atoms with Crippen LogP contribution in [0.1, 0.15) is 43.7 Å². The second-order valence-corrected chi connectivity index (χ2v) is 9.13. The van der Waals surface area contributed by atoms with Crippen molar-refractivity contribution in [1.29, 1.82) is 0 Å². The summed E-state index contributed by atoms with van der Waals surface area (Å²) in [5, 5.41) is 12.3. The molecule has 2 aliphatic rings. The lowest BCUT2D eigenvalue weighted by atomic mass is 9.98. The van der Waals surface area contributed by atoms with Crippen molar-refractivity contribution in [3.8, 4) is 11.1 Å². The number of amides is 2. The number of rotatable bonds is 8. The van der Waals surface area contributed by atoms with E-state index in [2.05, 4.69) is 29.6 Å². The number of carbonyl (C=O) groups excluding carboxylic acids is 2. The number of nitrogens with zero attached hydrogens (tertiary/aromatic N) is 1. The summed E-state index contributed by atoms with van der Waals surface area (Å²) in [6.07, 6.45) is -0.283. The van der Waals surface area contributed by atoms with Gasteiger partial charge in [0.2, 0.25) is 5.91 Å². The second-order valence-electron chi connectivity index (χ2n) is 9.13. The number of fused-ring (bicyclic) bond motifs is 3. The molecule has 2 aromatic rings. The Balaban J connectivity index is 1.30. The molecule has 2 amide bonds. The van der Waals surface area contributed by atoms with Crippen LogP contribution in [0.15, 0.2) is 48.5 Å². The van der Waals surface area contributed by atoms with Gasteiger partial charge in [0.25, 0.3) is 0 Å². The van der Waals surface area contributed by atoms with Crippen molar-refractivity contribution in [1.82, 2.24) is 10.2 Å². The molecule has 2 aromatic carbocycles. The first-order valence-electron chi connectivity index (χ1n) is 12.1. The Hall–Kier alpha value is -3.39. The van der Waals surface area contributed by atoms with Gasteiger partial charge in [0.05, 0.1) is 12.7 Å². The fraction of sp³-hybridized carbons (Fsp3) is 0.444. The highest BCUT2D eigenvalue weighted by Crippen LogP contribution is 2.44. The van der Waals surface area contributed by atoms with Gasteiger partial charge >= 0.3 is 12.1 Å². The molecule has 1 aliphatic heterocycles. The minimum Gasteiger partial charge on any atom is -0.480 e. The number of benzene rings is 2. The van der Waals surface area contributed by atoms with E-state index in [-0.39, 0.29) is 43.9 Å². The molecular weight excluding hydrogens is 448 g/mol. The van der Waals surface area contributed by atoms with E-state index in [1.807, 2.05) is 31.2 Å². The fourth-order valence-corrected chi connectivity index (χ4v) is 5.04. The number of carbonyl (C=O) groups is 3. The zero-order valence-electron chi connectivity index (χ0n) is 20.1. The molecule has 35 heavy (non-hydrogen) atoms. The minimum atomic E-state index is -1.07. The second kappa shape index (κ2) is 10.9. The molecule has 0 saturated carbocycles. The van der Waals surface area contributed by atoms with Crippen molar-refractivity contribution >= 4 is 18.0 Å². The lowest BCUT2D eigenvalue weighted by Gasteiger charge is -2.37. The number of carboxylic acids is 1. The zero-order valence-corrected chi connectivity index (χ0v) is 20.1. The van der Waals surface area contributed by atoms with Crippen molar-refractivity contribution in [3.63, 3.8) is 0 Å². The van der Waals surface area contributed by atoms with E-state index in [4.69, 9.17) is 9.47 Å². The Morgan fingerprint density at radius 1 is 1.11 bits per heavy atom. The van der Waals surface area contributed by atoms with Crippen LogP contribution in [0, 0.1) is 5.92 Å². The van der Waals surface area contributed by atoms with Gasteiger partial charge in [-0.05, 0) is 35.1 Å². The van der Waals surface area contributed by atoms with E-state index in [0.717, 1.165) is 11.1 Å². The summed E-state index contributed by atoms with van der Waals surface area (Å²) in [6, 6.07) is 15.3. The Kier molecular flexibility index (Phi) is 7.70. The highest BCUT2D eigenvalue weighted by atomic mass is 16.5. The quantitative estimate of drug-likeness (QED) is 0.598. The van der Waals surface area contributed by atoms with Gasteiger partial charge in [-0.3, -0.25) is 4.79 Å². The van der Waals surface area contributed by atoms with Crippen LogP contribution in [-0.4, -0.2) is 66.4 Å². The SMILES string of the molecule is CCC(CNC(=O)OCC1c2ccccc2-c2ccccc21)CC(=O)N1CCOC(C)C1C(=O)O. The predicted octanol–water partition coefficient (Wildman–Crippen LogP) is 3.64. The summed E-state index contributed by atoms with van der Waals surface area (Å²) < 4.78 is 11.0. The third kappa shape index (κ3) is 5.32. The van der Waals surface area contributed by atoms with E-state index < -0.39 is 24.2 Å². The Morgan fingerprint density at radius 2 is 1.74 bits per heavy atom. The monoisotopic (exact) mass is 480 g/mol. The van der Waals surface area contributed by atoms with Crippen LogP contribution < -0.4 is 5.32 Å². The van der Waals surface area contributed by atoms with Gasteiger partial charge in [-0.25, -0.2) is 9.59 Å². The highest BCUT2D eigenvalue weighted by Gasteiger charge is 2.38. The molecule has 1 aliphatic carbocycles. The van der Waals surface area contributed by atoms with Crippen molar-refractivity contribution in [2.24, 2.45) is 5.92 Å². The van der Waals surface area contributed by atoms with Crippen LogP contribution in [-0.2, 0) is 19.1 Å². The van der Waals surface area contributed by atoms with Gasteiger partial charge in [-0.15, -0.1) is 0 Å². The van der Waals surface area contributed by atoms with Crippen LogP contribution in [0.5, 0.6) is 0 Å². The Labute approximate surface area is 205 Å². The average molecular weight is 481 g/mol. The number of aliphatic carboxylic acids is 1. The number of morpholine rings is 1. The third-order valence-corrected chi connectivity index (χ3v) is 6.99. The van der Waals surface area contributed by atoms with Gasteiger partial charge in [0.15, 0.2) is 6.04 Å². The van der Waals surface area contributed by atoms with Gasteiger partial charge in [0.1, 0.15) is 6.61 Å². The summed E-state index contributed by atoms with van der Waals surface area (Å²) in [4.78, 5) is 38.4. The molecule has 3 unspecified atom stereocenters. The molecular formula is C27H32N2O6. The van der Waals surface area contributed by atoms with Crippen molar-refractivity contribution < 1.29 is 29.0 Å². The number of hydrogen-bond acceptors (Lipinski definition) is 5. The lowest BCUT2D eigenvalue weighted by Crippen LogP contribution is -2.56. The molecule has 1 saturated heterocycles. The van der Waals surface area contributed by atoms with Crippen LogP contribution in [0.3, 0.4) is 0 Å². The van der Waals surface area contributed by atoms with E-state index in [0.29, 0.717) is 13.0 Å². The number of nitrogens with one attached hydrogen (secondary N) is 1. The maximum absolute atomic E-state index is 12.9. The van der Waals surface area contributed by atoms with Gasteiger partial charge in [-0.1, -0.05) is 61.9 Å². The molecule has 1 fully saturated rings. The van der Waals surface area contributed by atoms with E-state index in [9.17, 15) is 19.5 Å². The van der Waals surface area contributed by atoms with Crippen LogP contribution in [0.2, 0.25) is 0 Å². The summed E-state index contributed by atoms with van der Waals surface area (Å²) in [5.74, 6) is -1.47. The van der Waals surface area contributed by atoms with Crippen LogP contribution in [0.25, 0.3) is 11.1 Å². The van der Waals surface area contributed by atoms with Crippen molar-refractivity contribution in [3.05, 3.63) is 59.7 Å². The molecule has 0 spiro atoms.